The number of nitrogens with one attached hydrogen (secondary N) is 1. The summed E-state index contributed by atoms with van der Waals surface area (Å²) < 4.78 is 18.5. The molecule has 0 aliphatic heterocycles. The number of ether oxygens (including phenoxy) is 1. The van der Waals surface area contributed by atoms with Gasteiger partial charge in [-0.3, -0.25) is 0 Å². The summed E-state index contributed by atoms with van der Waals surface area (Å²) in [7, 11) is 0. The van der Waals surface area contributed by atoms with Crippen molar-refractivity contribution < 1.29 is 9.13 Å². The fraction of sp³-hybridized carbons (Fsp3) is 0.214. The SMILES string of the molecule is CCNCc1cnc(Oc2cccc(F)c2)c(Cl)c1. The minimum atomic E-state index is -0.364. The van der Waals surface area contributed by atoms with E-state index in [0.29, 0.717) is 17.3 Å². The van der Waals surface area contributed by atoms with Gasteiger partial charge in [-0.15, -0.1) is 0 Å². The molecule has 0 fully saturated rings. The highest BCUT2D eigenvalue weighted by Crippen LogP contribution is 2.27. The topological polar surface area (TPSA) is 34.2 Å². The average molecular weight is 281 g/mol. The predicted molar refractivity (Wildman–Crippen MR) is 73.1 cm³/mol. The lowest BCUT2D eigenvalue weighted by molar-refractivity contribution is 0.458. The molecule has 1 N–H and O–H groups in total. The summed E-state index contributed by atoms with van der Waals surface area (Å²) in [6.07, 6.45) is 1.68. The van der Waals surface area contributed by atoms with Gasteiger partial charge in [0.15, 0.2) is 0 Å². The van der Waals surface area contributed by atoms with Crippen molar-refractivity contribution >= 4 is 11.6 Å². The lowest BCUT2D eigenvalue weighted by Gasteiger charge is -2.08. The molecule has 0 aliphatic carbocycles. The van der Waals surface area contributed by atoms with Crippen molar-refractivity contribution in [2.75, 3.05) is 6.54 Å². The van der Waals surface area contributed by atoms with Crippen molar-refractivity contribution in [1.82, 2.24) is 10.3 Å². The molecule has 0 amide bonds. The summed E-state index contributed by atoms with van der Waals surface area (Å²) >= 11 is 6.09. The quantitative estimate of drug-likeness (QED) is 0.905. The molecule has 2 rings (SSSR count). The molecule has 0 atom stereocenters. The monoisotopic (exact) mass is 280 g/mol. The van der Waals surface area contributed by atoms with Gasteiger partial charge in [-0.1, -0.05) is 24.6 Å². The number of aromatic nitrogens is 1. The van der Waals surface area contributed by atoms with Gasteiger partial charge in [0, 0.05) is 18.8 Å². The lowest BCUT2D eigenvalue weighted by atomic mass is 10.3. The van der Waals surface area contributed by atoms with Crippen molar-refractivity contribution in [2.24, 2.45) is 0 Å². The largest absolute Gasteiger partial charge is 0.437 e. The van der Waals surface area contributed by atoms with E-state index in [9.17, 15) is 4.39 Å². The molecule has 0 radical (unpaired) electrons. The van der Waals surface area contributed by atoms with Crippen LogP contribution in [0.1, 0.15) is 12.5 Å². The highest BCUT2D eigenvalue weighted by Gasteiger charge is 2.06. The fourth-order valence-corrected chi connectivity index (χ4v) is 1.78. The summed E-state index contributed by atoms with van der Waals surface area (Å²) in [5.41, 5.74) is 0.971. The van der Waals surface area contributed by atoms with E-state index in [2.05, 4.69) is 10.3 Å². The minimum Gasteiger partial charge on any atom is -0.437 e. The number of halogens is 2. The molecule has 1 aromatic carbocycles. The molecular formula is C14H14ClFN2O. The van der Waals surface area contributed by atoms with Crippen LogP contribution in [0.4, 0.5) is 4.39 Å². The van der Waals surface area contributed by atoms with Gasteiger partial charge in [0.2, 0.25) is 5.88 Å². The van der Waals surface area contributed by atoms with Crippen LogP contribution in [0.2, 0.25) is 5.02 Å². The molecule has 100 valence electrons. The fourth-order valence-electron chi connectivity index (χ4n) is 1.55. The molecule has 5 heteroatoms. The van der Waals surface area contributed by atoms with Crippen molar-refractivity contribution in [1.29, 1.82) is 0 Å². The number of benzene rings is 1. The van der Waals surface area contributed by atoms with Crippen molar-refractivity contribution in [3.05, 3.63) is 52.9 Å². The first-order valence-corrected chi connectivity index (χ1v) is 6.35. The van der Waals surface area contributed by atoms with Gasteiger partial charge in [-0.25, -0.2) is 9.37 Å². The molecule has 0 saturated heterocycles. The second kappa shape index (κ2) is 6.50. The maximum absolute atomic E-state index is 13.0. The van der Waals surface area contributed by atoms with Gasteiger partial charge in [-0.2, -0.15) is 0 Å². The number of rotatable bonds is 5. The Labute approximate surface area is 116 Å². The Kier molecular flexibility index (Phi) is 4.71. The Morgan fingerprint density at radius 2 is 2.21 bits per heavy atom. The van der Waals surface area contributed by atoms with Gasteiger partial charge in [0.1, 0.15) is 16.6 Å². The summed E-state index contributed by atoms with van der Waals surface area (Å²) in [6, 6.07) is 7.63. The van der Waals surface area contributed by atoms with Crippen LogP contribution in [0.5, 0.6) is 11.6 Å². The third-order valence-electron chi connectivity index (χ3n) is 2.45. The summed E-state index contributed by atoms with van der Waals surface area (Å²) in [5, 5.41) is 3.58. The molecule has 1 aromatic heterocycles. The molecule has 0 aliphatic rings. The first-order chi connectivity index (χ1) is 9.19. The van der Waals surface area contributed by atoms with Crippen LogP contribution in [0.25, 0.3) is 0 Å². The zero-order chi connectivity index (χ0) is 13.7. The lowest BCUT2D eigenvalue weighted by Crippen LogP contribution is -2.11. The van der Waals surface area contributed by atoms with Crippen molar-refractivity contribution in [3.8, 4) is 11.6 Å². The minimum absolute atomic E-state index is 0.271. The van der Waals surface area contributed by atoms with Gasteiger partial charge in [-0.05, 0) is 30.3 Å². The molecule has 1 heterocycles. The van der Waals surface area contributed by atoms with Gasteiger partial charge in [0.25, 0.3) is 0 Å². The molecule has 2 aromatic rings. The zero-order valence-electron chi connectivity index (χ0n) is 10.5. The molecule has 0 bridgehead atoms. The second-order valence-electron chi connectivity index (χ2n) is 3.97. The van der Waals surface area contributed by atoms with E-state index >= 15 is 0 Å². The highest BCUT2D eigenvalue weighted by atomic mass is 35.5. The maximum atomic E-state index is 13.0. The molecule has 19 heavy (non-hydrogen) atoms. The summed E-state index contributed by atoms with van der Waals surface area (Å²) in [6.45, 7) is 3.60. The number of nitrogens with zero attached hydrogens (tertiary/aromatic N) is 1. The van der Waals surface area contributed by atoms with E-state index in [0.717, 1.165) is 12.1 Å². The normalized spacial score (nSPS) is 10.5. The Morgan fingerprint density at radius 3 is 2.89 bits per heavy atom. The summed E-state index contributed by atoms with van der Waals surface area (Å²) in [4.78, 5) is 4.14. The van der Waals surface area contributed by atoms with Crippen LogP contribution < -0.4 is 10.1 Å². The van der Waals surface area contributed by atoms with Crippen LogP contribution in [0.15, 0.2) is 36.5 Å². The van der Waals surface area contributed by atoms with E-state index in [1.165, 1.54) is 12.1 Å². The molecule has 0 saturated carbocycles. The van der Waals surface area contributed by atoms with Crippen LogP contribution >= 0.6 is 11.6 Å². The third kappa shape index (κ3) is 3.91. The second-order valence-corrected chi connectivity index (χ2v) is 4.38. The first-order valence-electron chi connectivity index (χ1n) is 5.97. The number of hydrogen-bond donors (Lipinski definition) is 1. The Balaban J connectivity index is 2.13. The van der Waals surface area contributed by atoms with Gasteiger partial charge < -0.3 is 10.1 Å². The van der Waals surface area contributed by atoms with E-state index in [-0.39, 0.29) is 11.7 Å². The van der Waals surface area contributed by atoms with E-state index < -0.39 is 0 Å². The Bertz CT molecular complexity index is 563. The zero-order valence-corrected chi connectivity index (χ0v) is 11.2. The number of pyridine rings is 1. The van der Waals surface area contributed by atoms with E-state index in [4.69, 9.17) is 16.3 Å². The van der Waals surface area contributed by atoms with E-state index in [1.807, 2.05) is 6.92 Å². The van der Waals surface area contributed by atoms with Gasteiger partial charge >= 0.3 is 0 Å². The first kappa shape index (κ1) is 13.8. The van der Waals surface area contributed by atoms with Crippen LogP contribution in [0, 0.1) is 5.82 Å². The number of hydrogen-bond acceptors (Lipinski definition) is 3. The Hall–Kier alpha value is -1.65. The smallest absolute Gasteiger partial charge is 0.238 e. The van der Waals surface area contributed by atoms with Gasteiger partial charge in [0.05, 0.1) is 0 Å². The third-order valence-corrected chi connectivity index (χ3v) is 2.72. The summed E-state index contributed by atoms with van der Waals surface area (Å²) in [5.74, 6) is 0.277. The molecule has 3 nitrogen and oxygen atoms in total. The maximum Gasteiger partial charge on any atom is 0.238 e. The van der Waals surface area contributed by atoms with E-state index in [1.54, 1.807) is 24.4 Å². The van der Waals surface area contributed by atoms with Crippen LogP contribution in [-0.4, -0.2) is 11.5 Å². The molecular weight excluding hydrogens is 267 g/mol. The molecule has 0 spiro atoms. The van der Waals surface area contributed by atoms with Crippen molar-refractivity contribution in [2.45, 2.75) is 13.5 Å². The van der Waals surface area contributed by atoms with Crippen LogP contribution in [-0.2, 0) is 6.54 Å². The Morgan fingerprint density at radius 1 is 1.37 bits per heavy atom. The molecule has 0 unspecified atom stereocenters. The van der Waals surface area contributed by atoms with Crippen molar-refractivity contribution in [3.63, 3.8) is 0 Å². The average Bonchev–Trinajstić information content (AvgIpc) is 2.39. The standard InChI is InChI=1S/C14H14ClFN2O/c1-2-17-8-10-6-13(15)14(18-9-10)19-12-5-3-4-11(16)7-12/h3-7,9,17H,2,8H2,1H3. The highest BCUT2D eigenvalue weighted by molar-refractivity contribution is 6.31. The van der Waals surface area contributed by atoms with Crippen LogP contribution in [0.3, 0.4) is 0 Å². The predicted octanol–water partition coefficient (Wildman–Crippen LogP) is 3.78.